The summed E-state index contributed by atoms with van der Waals surface area (Å²) in [4.78, 5) is 22.7. The van der Waals surface area contributed by atoms with E-state index in [1.807, 2.05) is 24.7 Å². The zero-order valence-electron chi connectivity index (χ0n) is 15.1. The first-order chi connectivity index (χ1) is 13.3. The highest BCUT2D eigenvalue weighted by atomic mass is 19.4. The van der Waals surface area contributed by atoms with Gasteiger partial charge in [0.2, 0.25) is 5.95 Å². The Morgan fingerprint density at radius 3 is 2.25 bits per heavy atom. The van der Waals surface area contributed by atoms with Crippen molar-refractivity contribution in [2.24, 2.45) is 0 Å². The van der Waals surface area contributed by atoms with E-state index in [4.69, 9.17) is 14.3 Å². The van der Waals surface area contributed by atoms with E-state index in [9.17, 15) is 13.2 Å². The first-order valence-corrected chi connectivity index (χ1v) is 8.88. The number of likely N-dealkylation sites (tertiary alicyclic amines) is 1. The molecule has 152 valence electrons. The van der Waals surface area contributed by atoms with E-state index in [0.29, 0.717) is 5.54 Å². The highest BCUT2D eigenvalue weighted by Crippen LogP contribution is 2.41. The van der Waals surface area contributed by atoms with Gasteiger partial charge in [-0.25, -0.2) is 14.8 Å². The van der Waals surface area contributed by atoms with Crippen molar-refractivity contribution in [1.29, 1.82) is 0 Å². The van der Waals surface area contributed by atoms with E-state index in [-0.39, 0.29) is 0 Å². The van der Waals surface area contributed by atoms with Gasteiger partial charge in [-0.2, -0.15) is 13.2 Å². The molecular formula is C18H21F3N4O3. The number of rotatable bonds is 3. The minimum absolute atomic E-state index is 0.300. The van der Waals surface area contributed by atoms with Gasteiger partial charge in [0, 0.05) is 49.7 Å². The summed E-state index contributed by atoms with van der Waals surface area (Å²) in [6.45, 7) is 4.35. The molecule has 2 aromatic heterocycles. The molecule has 2 aromatic rings. The summed E-state index contributed by atoms with van der Waals surface area (Å²) in [5.41, 5.74) is 1.57. The number of alkyl halides is 3. The molecule has 2 aliphatic rings. The van der Waals surface area contributed by atoms with Crippen LogP contribution in [0.2, 0.25) is 0 Å². The van der Waals surface area contributed by atoms with E-state index < -0.39 is 12.1 Å². The van der Waals surface area contributed by atoms with Gasteiger partial charge < -0.3 is 14.4 Å². The number of hydrogen-bond acceptors (Lipinski definition) is 6. The standard InChI is InChI=1S/C16H20N4O.C2HF3O2/c1-6-17-15(18-7-1)20-10-5-16(20)3-8-19(9-4-16)12-14-2-11-21-13-14;3-2(4,5)1(6)7/h1-2,6-7,11,13H,3-5,8-10,12H2;(H,6,7). The summed E-state index contributed by atoms with van der Waals surface area (Å²) in [6, 6.07) is 3.93. The van der Waals surface area contributed by atoms with Crippen LogP contribution in [0.15, 0.2) is 41.5 Å². The summed E-state index contributed by atoms with van der Waals surface area (Å²) < 4.78 is 36.9. The maximum Gasteiger partial charge on any atom is 0.490 e. The van der Waals surface area contributed by atoms with Crippen molar-refractivity contribution in [3.8, 4) is 0 Å². The van der Waals surface area contributed by atoms with Crippen LogP contribution in [0.4, 0.5) is 19.1 Å². The summed E-state index contributed by atoms with van der Waals surface area (Å²) in [5, 5.41) is 7.12. The van der Waals surface area contributed by atoms with Crippen molar-refractivity contribution in [1.82, 2.24) is 14.9 Å². The molecule has 0 atom stereocenters. The Labute approximate surface area is 159 Å². The van der Waals surface area contributed by atoms with E-state index >= 15 is 0 Å². The Hall–Kier alpha value is -2.62. The number of carboxylic acid groups (broad SMARTS) is 1. The van der Waals surface area contributed by atoms with Crippen LogP contribution < -0.4 is 4.90 Å². The second kappa shape index (κ2) is 8.17. The van der Waals surface area contributed by atoms with Crippen molar-refractivity contribution in [2.75, 3.05) is 24.5 Å². The number of anilines is 1. The van der Waals surface area contributed by atoms with Gasteiger partial charge in [-0.15, -0.1) is 0 Å². The van der Waals surface area contributed by atoms with Crippen LogP contribution in [-0.4, -0.2) is 57.3 Å². The highest BCUT2D eigenvalue weighted by Gasteiger charge is 2.47. The predicted molar refractivity (Wildman–Crippen MR) is 93.6 cm³/mol. The Balaban J connectivity index is 0.000000279. The molecule has 1 N–H and O–H groups in total. The molecule has 4 rings (SSSR count). The van der Waals surface area contributed by atoms with Gasteiger partial charge in [0.15, 0.2) is 0 Å². The first-order valence-electron chi connectivity index (χ1n) is 8.88. The van der Waals surface area contributed by atoms with Gasteiger partial charge in [-0.1, -0.05) is 0 Å². The molecule has 2 aliphatic heterocycles. The molecule has 2 fully saturated rings. The number of nitrogens with zero attached hydrogens (tertiary/aromatic N) is 4. The topological polar surface area (TPSA) is 82.7 Å². The van der Waals surface area contributed by atoms with Gasteiger partial charge in [0.25, 0.3) is 0 Å². The Kier molecular flexibility index (Phi) is 5.87. The summed E-state index contributed by atoms with van der Waals surface area (Å²) in [7, 11) is 0. The Morgan fingerprint density at radius 1 is 1.18 bits per heavy atom. The third-order valence-electron chi connectivity index (χ3n) is 5.18. The molecule has 0 aromatic carbocycles. The second-order valence-electron chi connectivity index (χ2n) is 6.89. The normalized spacial score (nSPS) is 18.9. The highest BCUT2D eigenvalue weighted by molar-refractivity contribution is 5.73. The number of carboxylic acids is 1. The number of hydrogen-bond donors (Lipinski definition) is 1. The molecule has 0 amide bonds. The number of furan rings is 1. The molecule has 0 unspecified atom stereocenters. The number of aliphatic carboxylic acids is 1. The molecule has 10 heteroatoms. The van der Waals surface area contributed by atoms with Crippen LogP contribution in [-0.2, 0) is 11.3 Å². The lowest BCUT2D eigenvalue weighted by Crippen LogP contribution is -2.64. The van der Waals surface area contributed by atoms with Crippen LogP contribution in [0.25, 0.3) is 0 Å². The smallest absolute Gasteiger partial charge is 0.475 e. The van der Waals surface area contributed by atoms with E-state index in [1.165, 1.54) is 24.8 Å². The van der Waals surface area contributed by atoms with Crippen LogP contribution >= 0.6 is 0 Å². The van der Waals surface area contributed by atoms with Gasteiger partial charge >= 0.3 is 12.1 Å². The molecule has 1 spiro atoms. The van der Waals surface area contributed by atoms with Crippen molar-refractivity contribution in [3.05, 3.63) is 42.6 Å². The van der Waals surface area contributed by atoms with Crippen LogP contribution in [0.1, 0.15) is 24.8 Å². The number of carbonyl (C=O) groups is 1. The van der Waals surface area contributed by atoms with E-state index in [1.54, 1.807) is 6.26 Å². The molecular weight excluding hydrogens is 377 g/mol. The minimum atomic E-state index is -5.08. The molecule has 28 heavy (non-hydrogen) atoms. The predicted octanol–water partition coefficient (Wildman–Crippen LogP) is 2.95. The molecule has 2 saturated heterocycles. The minimum Gasteiger partial charge on any atom is -0.475 e. The third-order valence-corrected chi connectivity index (χ3v) is 5.18. The molecule has 0 radical (unpaired) electrons. The third kappa shape index (κ3) is 4.61. The molecule has 0 saturated carbocycles. The van der Waals surface area contributed by atoms with Crippen LogP contribution in [0.3, 0.4) is 0 Å². The van der Waals surface area contributed by atoms with Crippen LogP contribution in [0.5, 0.6) is 0 Å². The van der Waals surface area contributed by atoms with Gasteiger partial charge in [0.05, 0.1) is 12.5 Å². The van der Waals surface area contributed by atoms with Gasteiger partial charge in [0.1, 0.15) is 0 Å². The van der Waals surface area contributed by atoms with Crippen molar-refractivity contribution >= 4 is 11.9 Å². The number of aromatic nitrogens is 2. The average Bonchev–Trinajstić information content (AvgIpc) is 3.15. The largest absolute Gasteiger partial charge is 0.490 e. The second-order valence-corrected chi connectivity index (χ2v) is 6.89. The molecule has 0 aliphatic carbocycles. The van der Waals surface area contributed by atoms with Crippen molar-refractivity contribution in [2.45, 2.75) is 37.5 Å². The number of halogens is 3. The fourth-order valence-electron chi connectivity index (χ4n) is 3.57. The fourth-order valence-corrected chi connectivity index (χ4v) is 3.57. The zero-order valence-corrected chi connectivity index (χ0v) is 15.1. The molecule has 7 nitrogen and oxygen atoms in total. The summed E-state index contributed by atoms with van der Waals surface area (Å²) in [5.74, 6) is -1.86. The monoisotopic (exact) mass is 398 g/mol. The lowest BCUT2D eigenvalue weighted by atomic mass is 9.76. The van der Waals surface area contributed by atoms with Crippen molar-refractivity contribution < 1.29 is 27.5 Å². The molecule has 0 bridgehead atoms. The lowest BCUT2D eigenvalue weighted by molar-refractivity contribution is -0.192. The fraction of sp³-hybridized carbons (Fsp3) is 0.500. The van der Waals surface area contributed by atoms with Gasteiger partial charge in [-0.3, -0.25) is 4.90 Å². The SMILES string of the molecule is O=C(O)C(F)(F)F.c1cnc(N2CCC23CCN(Cc2ccoc2)CC3)nc1. The lowest BCUT2D eigenvalue weighted by Gasteiger charge is -2.56. The van der Waals surface area contributed by atoms with E-state index in [2.05, 4.69) is 25.8 Å². The quantitative estimate of drug-likeness (QED) is 0.851. The zero-order chi connectivity index (χ0) is 20.2. The summed E-state index contributed by atoms with van der Waals surface area (Å²) in [6.07, 6.45) is 5.85. The first kappa shape index (κ1) is 20.1. The van der Waals surface area contributed by atoms with Gasteiger partial charge in [-0.05, 0) is 31.4 Å². The number of piperidine rings is 1. The maximum atomic E-state index is 10.6. The Bertz CT molecular complexity index is 760. The van der Waals surface area contributed by atoms with E-state index in [0.717, 1.165) is 32.1 Å². The maximum absolute atomic E-state index is 10.6. The van der Waals surface area contributed by atoms with Crippen molar-refractivity contribution in [3.63, 3.8) is 0 Å². The summed E-state index contributed by atoms with van der Waals surface area (Å²) >= 11 is 0. The average molecular weight is 398 g/mol. The Morgan fingerprint density at radius 2 is 1.79 bits per heavy atom. The molecule has 4 heterocycles. The van der Waals surface area contributed by atoms with Crippen LogP contribution in [0, 0.1) is 0 Å².